The molecule has 0 rings (SSSR count). The van der Waals surface area contributed by atoms with Gasteiger partial charge in [-0.1, -0.05) is 13.8 Å². The number of hydrogen-bond donors (Lipinski definition) is 8. The molecule has 0 aromatic carbocycles. The molecule has 0 heterocycles. The number of primary amides is 1. The summed E-state index contributed by atoms with van der Waals surface area (Å²) < 4.78 is 0. The summed E-state index contributed by atoms with van der Waals surface area (Å²) in [6.07, 6.45) is 0.356. The van der Waals surface area contributed by atoms with Crippen molar-refractivity contribution in [1.29, 1.82) is 0 Å². The second kappa shape index (κ2) is 17.2. The minimum Gasteiger partial charge on any atom is -0.481 e. The number of carbonyl (C=O) groups is 6. The minimum absolute atomic E-state index is 0.0439. The molecule has 0 saturated heterocycles. The summed E-state index contributed by atoms with van der Waals surface area (Å²) in [6.45, 7) is 3.91. The van der Waals surface area contributed by atoms with Crippen LogP contribution in [0.2, 0.25) is 0 Å². The van der Waals surface area contributed by atoms with Crippen LogP contribution in [0.1, 0.15) is 65.2 Å². The Labute approximate surface area is 210 Å². The highest BCUT2D eigenvalue weighted by Gasteiger charge is 2.30. The predicted molar refractivity (Wildman–Crippen MR) is 129 cm³/mol. The lowest BCUT2D eigenvalue weighted by Crippen LogP contribution is -2.57. The van der Waals surface area contributed by atoms with Gasteiger partial charge in [0.25, 0.3) is 0 Å². The highest BCUT2D eigenvalue weighted by Crippen LogP contribution is 2.08. The smallest absolute Gasteiger partial charge is 0.326 e. The highest BCUT2D eigenvalue weighted by molar-refractivity contribution is 5.94. The molecule has 0 bridgehead atoms. The molecule has 14 heteroatoms. The van der Waals surface area contributed by atoms with Gasteiger partial charge in [0.15, 0.2) is 0 Å². The molecule has 206 valence electrons. The maximum atomic E-state index is 13.0. The van der Waals surface area contributed by atoms with Crippen LogP contribution in [0, 0.1) is 5.92 Å². The maximum Gasteiger partial charge on any atom is 0.326 e. The van der Waals surface area contributed by atoms with E-state index in [4.69, 9.17) is 22.3 Å². The Balaban J connectivity index is 5.57. The normalized spacial score (nSPS) is 14.2. The van der Waals surface area contributed by atoms with Crippen LogP contribution in [0.3, 0.4) is 0 Å². The molecular formula is C22H40N6O8. The number of carboxylic acid groups (broad SMARTS) is 2. The van der Waals surface area contributed by atoms with E-state index in [0.29, 0.717) is 19.4 Å². The van der Waals surface area contributed by atoms with Crippen LogP contribution in [0.5, 0.6) is 0 Å². The molecule has 0 aliphatic carbocycles. The van der Waals surface area contributed by atoms with Crippen LogP contribution < -0.4 is 33.2 Å². The van der Waals surface area contributed by atoms with Crippen LogP contribution in [-0.4, -0.2) is 76.5 Å². The Hall–Kier alpha value is -3.26. The first kappa shape index (κ1) is 32.7. The fourth-order valence-electron chi connectivity index (χ4n) is 3.24. The van der Waals surface area contributed by atoms with Crippen LogP contribution in [0.15, 0.2) is 0 Å². The first-order valence-electron chi connectivity index (χ1n) is 11.9. The van der Waals surface area contributed by atoms with Gasteiger partial charge in [0.2, 0.25) is 23.6 Å². The van der Waals surface area contributed by atoms with Crippen LogP contribution in [0.4, 0.5) is 0 Å². The van der Waals surface area contributed by atoms with Gasteiger partial charge in [-0.15, -0.1) is 0 Å². The quantitative estimate of drug-likeness (QED) is 0.0889. The largest absolute Gasteiger partial charge is 0.481 e. The second-order valence-corrected chi connectivity index (χ2v) is 8.98. The Morgan fingerprint density at radius 2 is 1.28 bits per heavy atom. The third-order valence-electron chi connectivity index (χ3n) is 5.22. The fraction of sp³-hybridized carbons (Fsp3) is 0.727. The van der Waals surface area contributed by atoms with Crippen molar-refractivity contribution in [1.82, 2.24) is 16.0 Å². The number of hydrogen-bond acceptors (Lipinski definition) is 8. The Bertz CT molecular complexity index is 776. The standard InChI is InChI=1S/C22H40N6O8/c1-12(2)11-16(22(35)36)28-21(34)15(7-8-17(25)29)27-20(33)14(5-3-4-10-23)26-19(32)13(24)6-9-18(30)31/h12-16H,3-11,23-24H2,1-2H3,(H2,25,29)(H,26,32)(H,27,33)(H,28,34)(H,30,31)(H,35,36). The van der Waals surface area contributed by atoms with Gasteiger partial charge < -0.3 is 43.4 Å². The monoisotopic (exact) mass is 516 g/mol. The van der Waals surface area contributed by atoms with Crippen molar-refractivity contribution in [3.05, 3.63) is 0 Å². The number of aliphatic carboxylic acids is 2. The summed E-state index contributed by atoms with van der Waals surface area (Å²) in [5.74, 6) is -5.47. The zero-order valence-corrected chi connectivity index (χ0v) is 20.8. The Morgan fingerprint density at radius 1 is 0.750 bits per heavy atom. The molecule has 0 aromatic heterocycles. The number of carboxylic acids is 2. The molecule has 4 atom stereocenters. The van der Waals surface area contributed by atoms with Crippen LogP contribution in [0.25, 0.3) is 0 Å². The number of carbonyl (C=O) groups excluding carboxylic acids is 4. The number of nitrogens with one attached hydrogen (secondary N) is 3. The Kier molecular flexibility index (Phi) is 15.7. The molecule has 0 radical (unpaired) electrons. The summed E-state index contributed by atoms with van der Waals surface area (Å²) >= 11 is 0. The Morgan fingerprint density at radius 3 is 1.75 bits per heavy atom. The van der Waals surface area contributed by atoms with E-state index in [-0.39, 0.29) is 44.4 Å². The lowest BCUT2D eigenvalue weighted by Gasteiger charge is -2.25. The molecule has 0 saturated carbocycles. The lowest BCUT2D eigenvalue weighted by atomic mass is 10.0. The molecule has 4 amide bonds. The number of amides is 4. The fourth-order valence-corrected chi connectivity index (χ4v) is 3.24. The van der Waals surface area contributed by atoms with Gasteiger partial charge in [0, 0.05) is 12.8 Å². The van der Waals surface area contributed by atoms with E-state index < -0.39 is 59.7 Å². The zero-order valence-electron chi connectivity index (χ0n) is 20.8. The van der Waals surface area contributed by atoms with Crippen molar-refractivity contribution in [2.45, 2.75) is 89.4 Å². The molecule has 0 fully saturated rings. The topological polar surface area (TPSA) is 257 Å². The summed E-state index contributed by atoms with van der Waals surface area (Å²) in [7, 11) is 0. The molecule has 11 N–H and O–H groups in total. The van der Waals surface area contributed by atoms with Crippen molar-refractivity contribution >= 4 is 35.6 Å². The highest BCUT2D eigenvalue weighted by atomic mass is 16.4. The van der Waals surface area contributed by atoms with Gasteiger partial charge in [-0.2, -0.15) is 0 Å². The molecule has 14 nitrogen and oxygen atoms in total. The number of rotatable bonds is 19. The first-order chi connectivity index (χ1) is 16.8. The summed E-state index contributed by atoms with van der Waals surface area (Å²) in [4.78, 5) is 71.8. The van der Waals surface area contributed by atoms with E-state index >= 15 is 0 Å². The van der Waals surface area contributed by atoms with Crippen molar-refractivity contribution in [2.24, 2.45) is 23.1 Å². The van der Waals surface area contributed by atoms with Crippen LogP contribution >= 0.6 is 0 Å². The van der Waals surface area contributed by atoms with E-state index in [2.05, 4.69) is 16.0 Å². The predicted octanol–water partition coefficient (Wildman–Crippen LogP) is -1.84. The number of nitrogens with two attached hydrogens (primary N) is 3. The van der Waals surface area contributed by atoms with E-state index in [0.717, 1.165) is 0 Å². The number of unbranched alkanes of at least 4 members (excludes halogenated alkanes) is 1. The summed E-state index contributed by atoms with van der Waals surface area (Å²) in [6, 6.07) is -4.81. The van der Waals surface area contributed by atoms with Crippen molar-refractivity contribution in [3.63, 3.8) is 0 Å². The third kappa shape index (κ3) is 14.2. The molecule has 0 spiro atoms. The van der Waals surface area contributed by atoms with E-state index in [1.54, 1.807) is 13.8 Å². The van der Waals surface area contributed by atoms with Crippen molar-refractivity contribution in [3.8, 4) is 0 Å². The van der Waals surface area contributed by atoms with Gasteiger partial charge in [-0.05, 0) is 51.0 Å². The second-order valence-electron chi connectivity index (χ2n) is 8.98. The van der Waals surface area contributed by atoms with Crippen molar-refractivity contribution < 1.29 is 39.0 Å². The molecular weight excluding hydrogens is 476 g/mol. The molecule has 36 heavy (non-hydrogen) atoms. The van der Waals surface area contributed by atoms with E-state index in [9.17, 15) is 33.9 Å². The molecule has 0 aliphatic heterocycles. The van der Waals surface area contributed by atoms with E-state index in [1.165, 1.54) is 0 Å². The van der Waals surface area contributed by atoms with Gasteiger partial charge in [-0.25, -0.2) is 4.79 Å². The van der Waals surface area contributed by atoms with Gasteiger partial charge >= 0.3 is 11.9 Å². The minimum atomic E-state index is -1.30. The average Bonchev–Trinajstić information content (AvgIpc) is 2.78. The van der Waals surface area contributed by atoms with E-state index in [1.807, 2.05) is 0 Å². The van der Waals surface area contributed by atoms with Gasteiger partial charge in [0.1, 0.15) is 18.1 Å². The van der Waals surface area contributed by atoms with Crippen molar-refractivity contribution in [2.75, 3.05) is 6.54 Å². The maximum absolute atomic E-state index is 13.0. The zero-order chi connectivity index (χ0) is 27.8. The van der Waals surface area contributed by atoms with Gasteiger partial charge in [-0.3, -0.25) is 24.0 Å². The third-order valence-corrected chi connectivity index (χ3v) is 5.22. The molecule has 0 aliphatic rings. The summed E-state index contributed by atoms with van der Waals surface area (Å²) in [5.41, 5.74) is 16.4. The molecule has 0 aromatic rings. The first-order valence-corrected chi connectivity index (χ1v) is 11.9. The average molecular weight is 517 g/mol. The summed E-state index contributed by atoms with van der Waals surface area (Å²) in [5, 5.41) is 25.5. The van der Waals surface area contributed by atoms with Crippen LogP contribution in [-0.2, 0) is 28.8 Å². The molecule has 4 unspecified atom stereocenters. The SMILES string of the molecule is CC(C)CC(NC(=O)C(CCC(N)=O)NC(=O)C(CCCCN)NC(=O)C(N)CCC(=O)O)C(=O)O. The van der Waals surface area contributed by atoms with Gasteiger partial charge in [0.05, 0.1) is 6.04 Å². The lowest BCUT2D eigenvalue weighted by molar-refractivity contribution is -0.143.